The quantitative estimate of drug-likeness (QED) is 0.578. The van der Waals surface area contributed by atoms with E-state index in [1.165, 1.54) is 0 Å². The fourth-order valence-corrected chi connectivity index (χ4v) is 0.816. The second-order valence-corrected chi connectivity index (χ2v) is 3.26. The van der Waals surface area contributed by atoms with Gasteiger partial charge in [0.2, 0.25) is 0 Å². The summed E-state index contributed by atoms with van der Waals surface area (Å²) in [5.41, 5.74) is 0.908. The Hall–Kier alpha value is -0.330. The van der Waals surface area contributed by atoms with Gasteiger partial charge < -0.3 is 0 Å². The van der Waals surface area contributed by atoms with Crippen LogP contribution in [0.25, 0.3) is 0 Å². The summed E-state index contributed by atoms with van der Waals surface area (Å²) in [5.74, 6) is 0.582. The Morgan fingerprint density at radius 2 is 1.91 bits per heavy atom. The Bertz CT molecular complexity index is 136. The van der Waals surface area contributed by atoms with Gasteiger partial charge in [-0.05, 0) is 24.8 Å². The molecule has 0 aromatic rings. The fraction of sp³-hybridized carbons (Fsp3) is 0.800. The zero-order valence-electron chi connectivity index (χ0n) is 8.08. The minimum absolute atomic E-state index is 0.0989. The summed E-state index contributed by atoms with van der Waals surface area (Å²) in [4.78, 5) is 0. The van der Waals surface area contributed by atoms with Crippen LogP contribution in [-0.4, -0.2) is 0 Å². The minimum atomic E-state index is 0.0989. The average Bonchev–Trinajstić information content (AvgIpc) is 2.02. The van der Waals surface area contributed by atoms with E-state index in [1.807, 2.05) is 13.8 Å². The molecule has 0 aliphatic rings. The summed E-state index contributed by atoms with van der Waals surface area (Å²) in [5, 5.41) is 0. The van der Waals surface area contributed by atoms with Gasteiger partial charge in [0, 0.05) is 6.42 Å². The molecule has 0 heterocycles. The molecule has 0 spiro atoms. The number of allylic oxidation sites excluding steroid dienone is 2. The summed E-state index contributed by atoms with van der Waals surface area (Å²) in [6, 6.07) is 0. The van der Waals surface area contributed by atoms with Crippen LogP contribution >= 0.6 is 0 Å². The molecule has 0 saturated carbocycles. The molecule has 0 radical (unpaired) electrons. The number of hydrogen-bond acceptors (Lipinski definition) is 0. The lowest BCUT2D eigenvalue weighted by atomic mass is 10.0. The summed E-state index contributed by atoms with van der Waals surface area (Å²) in [6.07, 6.45) is 2.52. The van der Waals surface area contributed by atoms with Crippen molar-refractivity contribution in [3.63, 3.8) is 0 Å². The molecular formula is C10H19F. The molecule has 66 valence electrons. The van der Waals surface area contributed by atoms with Crippen molar-refractivity contribution in [2.75, 3.05) is 0 Å². The molecule has 0 nitrogen and oxygen atoms in total. The van der Waals surface area contributed by atoms with Gasteiger partial charge in [-0.1, -0.05) is 27.2 Å². The summed E-state index contributed by atoms with van der Waals surface area (Å²) in [7, 11) is 0. The standard InChI is InChI=1S/C10H19F/c1-5-8(3)7-10(11)9(4)6-2/h8H,5-7H2,1-4H3/b10-9+/t8-/m0/s1. The average molecular weight is 158 g/mol. The van der Waals surface area contributed by atoms with Gasteiger partial charge in [-0.3, -0.25) is 0 Å². The van der Waals surface area contributed by atoms with Crippen molar-refractivity contribution in [3.8, 4) is 0 Å². The van der Waals surface area contributed by atoms with Crippen LogP contribution < -0.4 is 0 Å². The fourth-order valence-electron chi connectivity index (χ4n) is 0.816. The SMILES string of the molecule is CC/C(C)=C(/F)C[C@@H](C)CC. The summed E-state index contributed by atoms with van der Waals surface area (Å²) in [6.45, 7) is 8.05. The molecule has 11 heavy (non-hydrogen) atoms. The van der Waals surface area contributed by atoms with Gasteiger partial charge in [-0.15, -0.1) is 0 Å². The normalized spacial score (nSPS) is 16.1. The van der Waals surface area contributed by atoms with Crippen LogP contribution in [0.15, 0.2) is 11.4 Å². The summed E-state index contributed by atoms with van der Waals surface area (Å²) < 4.78 is 13.1. The van der Waals surface area contributed by atoms with Gasteiger partial charge in [-0.25, -0.2) is 4.39 Å². The number of hydrogen-bond donors (Lipinski definition) is 0. The lowest BCUT2D eigenvalue weighted by Crippen LogP contribution is -1.93. The van der Waals surface area contributed by atoms with E-state index < -0.39 is 0 Å². The Kier molecular flexibility index (Phi) is 5.18. The first kappa shape index (κ1) is 10.7. The smallest absolute Gasteiger partial charge is 0.0991 e. The van der Waals surface area contributed by atoms with E-state index in [9.17, 15) is 4.39 Å². The third-order valence-corrected chi connectivity index (χ3v) is 2.22. The van der Waals surface area contributed by atoms with Crippen molar-refractivity contribution in [2.45, 2.75) is 47.0 Å². The van der Waals surface area contributed by atoms with Gasteiger partial charge in [0.1, 0.15) is 0 Å². The second-order valence-electron chi connectivity index (χ2n) is 3.26. The largest absolute Gasteiger partial charge is 0.212 e. The van der Waals surface area contributed by atoms with E-state index in [4.69, 9.17) is 0 Å². The molecular weight excluding hydrogens is 139 g/mol. The molecule has 0 unspecified atom stereocenters. The zero-order chi connectivity index (χ0) is 8.85. The van der Waals surface area contributed by atoms with Crippen molar-refractivity contribution in [2.24, 2.45) is 5.92 Å². The Morgan fingerprint density at radius 1 is 1.36 bits per heavy atom. The van der Waals surface area contributed by atoms with Crippen LogP contribution in [0.5, 0.6) is 0 Å². The molecule has 0 rings (SSSR count). The van der Waals surface area contributed by atoms with Gasteiger partial charge in [0.25, 0.3) is 0 Å². The van der Waals surface area contributed by atoms with E-state index in [0.29, 0.717) is 12.3 Å². The molecule has 0 N–H and O–H groups in total. The van der Waals surface area contributed by atoms with Crippen LogP contribution in [0.4, 0.5) is 4.39 Å². The summed E-state index contributed by atoms with van der Waals surface area (Å²) >= 11 is 0. The molecule has 0 aliphatic carbocycles. The monoisotopic (exact) mass is 158 g/mol. The number of rotatable bonds is 4. The first-order chi connectivity index (χ1) is 5.11. The maximum absolute atomic E-state index is 13.1. The lowest BCUT2D eigenvalue weighted by molar-refractivity contribution is 0.470. The highest BCUT2D eigenvalue weighted by atomic mass is 19.1. The Labute approximate surface area is 69.5 Å². The van der Waals surface area contributed by atoms with Crippen molar-refractivity contribution in [1.29, 1.82) is 0 Å². The van der Waals surface area contributed by atoms with E-state index in [0.717, 1.165) is 18.4 Å². The van der Waals surface area contributed by atoms with Gasteiger partial charge in [0.05, 0.1) is 5.83 Å². The first-order valence-electron chi connectivity index (χ1n) is 4.45. The zero-order valence-corrected chi connectivity index (χ0v) is 8.08. The Balaban J connectivity index is 3.94. The Morgan fingerprint density at radius 3 is 2.27 bits per heavy atom. The second kappa shape index (κ2) is 5.34. The third kappa shape index (κ3) is 4.18. The molecule has 0 aromatic heterocycles. The van der Waals surface area contributed by atoms with Crippen LogP contribution in [0.3, 0.4) is 0 Å². The van der Waals surface area contributed by atoms with Gasteiger partial charge in [-0.2, -0.15) is 0 Å². The molecule has 1 heteroatoms. The predicted molar refractivity (Wildman–Crippen MR) is 48.2 cm³/mol. The molecule has 0 aliphatic heterocycles. The van der Waals surface area contributed by atoms with Crippen molar-refractivity contribution >= 4 is 0 Å². The van der Waals surface area contributed by atoms with Crippen molar-refractivity contribution < 1.29 is 4.39 Å². The highest BCUT2D eigenvalue weighted by Gasteiger charge is 2.04. The topological polar surface area (TPSA) is 0 Å². The van der Waals surface area contributed by atoms with Crippen molar-refractivity contribution in [1.82, 2.24) is 0 Å². The van der Waals surface area contributed by atoms with Crippen LogP contribution in [-0.2, 0) is 0 Å². The van der Waals surface area contributed by atoms with E-state index in [1.54, 1.807) is 0 Å². The number of halogens is 1. The van der Waals surface area contributed by atoms with Gasteiger partial charge in [0.15, 0.2) is 0 Å². The van der Waals surface area contributed by atoms with Crippen LogP contribution in [0, 0.1) is 5.92 Å². The molecule has 0 amide bonds. The van der Waals surface area contributed by atoms with Gasteiger partial charge >= 0.3 is 0 Å². The molecule has 0 bridgehead atoms. The lowest BCUT2D eigenvalue weighted by Gasteiger charge is -2.07. The molecule has 0 saturated heterocycles. The highest BCUT2D eigenvalue weighted by molar-refractivity contribution is 5.04. The molecule has 0 fully saturated rings. The van der Waals surface area contributed by atoms with Crippen LogP contribution in [0.1, 0.15) is 47.0 Å². The van der Waals surface area contributed by atoms with Crippen molar-refractivity contribution in [3.05, 3.63) is 11.4 Å². The minimum Gasteiger partial charge on any atom is -0.212 e. The molecule has 0 aromatic carbocycles. The maximum Gasteiger partial charge on any atom is 0.0991 e. The highest BCUT2D eigenvalue weighted by Crippen LogP contribution is 2.19. The maximum atomic E-state index is 13.1. The first-order valence-corrected chi connectivity index (χ1v) is 4.45. The molecule has 1 atom stereocenters. The van der Waals surface area contributed by atoms with E-state index in [-0.39, 0.29) is 5.83 Å². The third-order valence-electron chi connectivity index (χ3n) is 2.22. The van der Waals surface area contributed by atoms with E-state index >= 15 is 0 Å². The van der Waals surface area contributed by atoms with Crippen LogP contribution in [0.2, 0.25) is 0 Å². The predicted octanol–water partition coefficient (Wildman–Crippen LogP) is 4.08. The van der Waals surface area contributed by atoms with E-state index in [2.05, 4.69) is 13.8 Å².